The van der Waals surface area contributed by atoms with E-state index in [4.69, 9.17) is 28.4 Å². The Kier molecular flexibility index (Phi) is 14.3. The summed E-state index contributed by atoms with van der Waals surface area (Å²) in [5.74, 6) is 1.46. The summed E-state index contributed by atoms with van der Waals surface area (Å²) in [6, 6.07) is 10.7. The van der Waals surface area contributed by atoms with E-state index in [1.165, 1.54) is 6.08 Å². The van der Waals surface area contributed by atoms with E-state index in [-0.39, 0.29) is 5.97 Å². The summed E-state index contributed by atoms with van der Waals surface area (Å²) in [7, 11) is 8.33. The first-order chi connectivity index (χ1) is 21.4. The third kappa shape index (κ3) is 10.4. The highest BCUT2D eigenvalue weighted by Crippen LogP contribution is 2.38. The molecule has 0 aliphatic rings. The molecule has 0 bridgehead atoms. The molecule has 10 heteroatoms. The Morgan fingerprint density at radius 1 is 0.773 bits per heavy atom. The van der Waals surface area contributed by atoms with Crippen LogP contribution in [0.2, 0.25) is 0 Å². The molecule has 0 saturated carbocycles. The number of nitrogens with zero attached hydrogens (tertiary/aromatic N) is 2. The average molecular weight is 609 g/mol. The maximum Gasteiger partial charge on any atom is 0.338 e. The van der Waals surface area contributed by atoms with Crippen molar-refractivity contribution in [2.45, 2.75) is 38.5 Å². The van der Waals surface area contributed by atoms with Gasteiger partial charge in [-0.15, -0.1) is 0 Å². The second-order valence-corrected chi connectivity index (χ2v) is 10.3. The van der Waals surface area contributed by atoms with Crippen LogP contribution in [0.3, 0.4) is 0 Å². The van der Waals surface area contributed by atoms with E-state index >= 15 is 0 Å². The summed E-state index contributed by atoms with van der Waals surface area (Å²) in [6.45, 7) is 2.71. The van der Waals surface area contributed by atoms with Crippen molar-refractivity contribution in [3.05, 3.63) is 59.8 Å². The van der Waals surface area contributed by atoms with Gasteiger partial charge in [0.1, 0.15) is 5.75 Å². The highest BCUT2D eigenvalue weighted by Gasteiger charge is 2.14. The first-order valence-electron chi connectivity index (χ1n) is 14.8. The maximum absolute atomic E-state index is 12.6. The lowest BCUT2D eigenvalue weighted by Crippen LogP contribution is -2.21. The molecule has 3 rings (SSSR count). The fourth-order valence-corrected chi connectivity index (χ4v) is 4.69. The first-order valence-corrected chi connectivity index (χ1v) is 14.8. The van der Waals surface area contributed by atoms with Crippen LogP contribution in [0.25, 0.3) is 17.0 Å². The predicted octanol–water partition coefficient (Wildman–Crippen LogP) is 5.96. The van der Waals surface area contributed by atoms with Crippen LogP contribution in [0.15, 0.2) is 48.7 Å². The molecule has 0 aliphatic heterocycles. The Morgan fingerprint density at radius 2 is 1.43 bits per heavy atom. The van der Waals surface area contributed by atoms with E-state index in [0.29, 0.717) is 41.8 Å². The van der Waals surface area contributed by atoms with E-state index in [1.807, 2.05) is 12.1 Å². The van der Waals surface area contributed by atoms with Gasteiger partial charge in [-0.05, 0) is 107 Å². The van der Waals surface area contributed by atoms with Gasteiger partial charge in [0.25, 0.3) is 0 Å². The number of unbranched alkanes of at least 4 members (excludes halogenated alkanes) is 4. The van der Waals surface area contributed by atoms with E-state index in [9.17, 15) is 9.59 Å². The molecule has 0 radical (unpaired) electrons. The summed E-state index contributed by atoms with van der Waals surface area (Å²) in [5.41, 5.74) is 1.96. The second-order valence-electron chi connectivity index (χ2n) is 10.3. The SMILES string of the molecule is COc1ccc2nccc(C(=O)OCCCCCN(C)CCCCCOC(=O)/C=C/c3cc(OC)c(OC)c(OC)c3)c2c1. The molecule has 0 saturated heterocycles. The normalized spacial score (nSPS) is 11.1. The number of hydrogen-bond donors (Lipinski definition) is 0. The largest absolute Gasteiger partial charge is 0.497 e. The van der Waals surface area contributed by atoms with Crippen molar-refractivity contribution in [1.82, 2.24) is 9.88 Å². The van der Waals surface area contributed by atoms with Crippen molar-refractivity contribution in [3.63, 3.8) is 0 Å². The van der Waals surface area contributed by atoms with Crippen LogP contribution in [0.4, 0.5) is 0 Å². The zero-order chi connectivity index (χ0) is 31.7. The zero-order valence-corrected chi connectivity index (χ0v) is 26.4. The number of fused-ring (bicyclic) bond motifs is 1. The molecule has 0 atom stereocenters. The Balaban J connectivity index is 1.24. The van der Waals surface area contributed by atoms with Crippen molar-refractivity contribution < 1.29 is 38.0 Å². The van der Waals surface area contributed by atoms with Crippen LogP contribution in [0.1, 0.15) is 54.4 Å². The van der Waals surface area contributed by atoms with Gasteiger partial charge < -0.3 is 33.3 Å². The van der Waals surface area contributed by atoms with Gasteiger partial charge in [0.05, 0.1) is 52.7 Å². The number of carbonyl (C=O) groups excluding carboxylic acids is 2. The average Bonchev–Trinajstić information content (AvgIpc) is 3.05. The fourth-order valence-electron chi connectivity index (χ4n) is 4.69. The first kappa shape index (κ1) is 34.2. The van der Waals surface area contributed by atoms with Gasteiger partial charge in [-0.1, -0.05) is 0 Å². The van der Waals surface area contributed by atoms with Gasteiger partial charge >= 0.3 is 11.9 Å². The minimum absolute atomic E-state index is 0.344. The van der Waals surface area contributed by atoms with Gasteiger partial charge in [0.2, 0.25) is 5.75 Å². The van der Waals surface area contributed by atoms with Crippen LogP contribution < -0.4 is 18.9 Å². The predicted molar refractivity (Wildman–Crippen MR) is 170 cm³/mol. The highest BCUT2D eigenvalue weighted by atomic mass is 16.5. The Morgan fingerprint density at radius 3 is 2.05 bits per heavy atom. The number of pyridine rings is 1. The van der Waals surface area contributed by atoms with E-state index in [1.54, 1.807) is 65.0 Å². The molecule has 44 heavy (non-hydrogen) atoms. The van der Waals surface area contributed by atoms with Crippen LogP contribution in [0.5, 0.6) is 23.0 Å². The lowest BCUT2D eigenvalue weighted by atomic mass is 10.1. The number of benzene rings is 2. The third-order valence-corrected chi connectivity index (χ3v) is 7.11. The molecule has 0 fully saturated rings. The molecule has 3 aromatic rings. The lowest BCUT2D eigenvalue weighted by molar-refractivity contribution is -0.137. The molecular weight excluding hydrogens is 564 g/mol. The van der Waals surface area contributed by atoms with Crippen LogP contribution >= 0.6 is 0 Å². The summed E-state index contributed by atoms with van der Waals surface area (Å²) < 4.78 is 32.1. The van der Waals surface area contributed by atoms with E-state index in [2.05, 4.69) is 16.9 Å². The van der Waals surface area contributed by atoms with Crippen molar-refractivity contribution >= 4 is 28.9 Å². The molecule has 1 aromatic heterocycles. The minimum atomic E-state index is -0.393. The third-order valence-electron chi connectivity index (χ3n) is 7.11. The van der Waals surface area contributed by atoms with Crippen LogP contribution in [-0.2, 0) is 14.3 Å². The molecule has 0 aliphatic carbocycles. The number of ether oxygens (including phenoxy) is 6. The van der Waals surface area contributed by atoms with Crippen molar-refractivity contribution in [1.29, 1.82) is 0 Å². The van der Waals surface area contributed by atoms with E-state index in [0.717, 1.165) is 68.1 Å². The van der Waals surface area contributed by atoms with Gasteiger partial charge in [0, 0.05) is 17.7 Å². The molecule has 10 nitrogen and oxygen atoms in total. The zero-order valence-electron chi connectivity index (χ0n) is 26.4. The number of carbonyl (C=O) groups is 2. The molecule has 0 unspecified atom stereocenters. The van der Waals surface area contributed by atoms with Gasteiger partial charge in [0.15, 0.2) is 11.5 Å². The van der Waals surface area contributed by atoms with Gasteiger partial charge in [-0.25, -0.2) is 9.59 Å². The Labute approximate surface area is 259 Å². The summed E-state index contributed by atoms with van der Waals surface area (Å²) in [6.07, 6.45) is 10.3. The monoisotopic (exact) mass is 608 g/mol. The fraction of sp³-hybridized carbons (Fsp3) is 0.441. The molecule has 0 spiro atoms. The molecule has 238 valence electrons. The van der Waals surface area contributed by atoms with Crippen molar-refractivity contribution in [2.24, 2.45) is 0 Å². The quantitative estimate of drug-likeness (QED) is 0.0920. The number of esters is 2. The molecule has 0 N–H and O–H groups in total. The molecular formula is C34H44N2O8. The standard InChI is InChI=1S/C34H44N2O8/c1-36(19-9-7-11-21-44-34(38)27-16-17-35-29-14-13-26(39-2)24-28(27)29)18-8-6-10-20-43-32(37)15-12-25-22-30(40-3)33(42-5)31(23-25)41-4/h12-17,22-24H,6-11,18-21H2,1-5H3/b15-12+. The Bertz CT molecular complexity index is 1370. The summed E-state index contributed by atoms with van der Waals surface area (Å²) in [5, 5.41) is 0.723. The van der Waals surface area contributed by atoms with Gasteiger partial charge in [-0.2, -0.15) is 0 Å². The topological polar surface area (TPSA) is 106 Å². The van der Waals surface area contributed by atoms with Gasteiger partial charge in [-0.3, -0.25) is 4.98 Å². The van der Waals surface area contributed by atoms with Crippen LogP contribution in [0, 0.1) is 0 Å². The molecule has 0 amide bonds. The van der Waals surface area contributed by atoms with Crippen molar-refractivity contribution in [2.75, 3.05) is 61.8 Å². The second kappa shape index (κ2) is 18.4. The summed E-state index contributed by atoms with van der Waals surface area (Å²) in [4.78, 5) is 31.4. The van der Waals surface area contributed by atoms with E-state index < -0.39 is 5.97 Å². The minimum Gasteiger partial charge on any atom is -0.497 e. The number of rotatable bonds is 19. The number of methoxy groups -OCH3 is 4. The van der Waals surface area contributed by atoms with Crippen LogP contribution in [-0.4, -0.2) is 83.6 Å². The van der Waals surface area contributed by atoms with Crippen molar-refractivity contribution in [3.8, 4) is 23.0 Å². The Hall–Kier alpha value is -4.31. The summed E-state index contributed by atoms with van der Waals surface area (Å²) >= 11 is 0. The number of aromatic nitrogens is 1. The maximum atomic E-state index is 12.6. The smallest absolute Gasteiger partial charge is 0.338 e. The highest BCUT2D eigenvalue weighted by molar-refractivity contribution is 6.03. The molecule has 1 heterocycles. The molecule has 2 aromatic carbocycles. The number of hydrogen-bond acceptors (Lipinski definition) is 10. The lowest BCUT2D eigenvalue weighted by Gasteiger charge is -2.16.